The van der Waals surface area contributed by atoms with Gasteiger partial charge in [-0.1, -0.05) is 6.07 Å². The minimum atomic E-state index is -4.80. The van der Waals surface area contributed by atoms with Crippen LogP contribution < -0.4 is 15.4 Å². The predicted octanol–water partition coefficient (Wildman–Crippen LogP) is 4.00. The summed E-state index contributed by atoms with van der Waals surface area (Å²) in [5.74, 6) is -2.82. The van der Waals surface area contributed by atoms with Crippen LogP contribution in [0.3, 0.4) is 0 Å². The number of pyridine rings is 2. The van der Waals surface area contributed by atoms with Gasteiger partial charge in [0.05, 0.1) is 24.2 Å². The van der Waals surface area contributed by atoms with E-state index >= 15 is 0 Å². The summed E-state index contributed by atoms with van der Waals surface area (Å²) in [6, 6.07) is 7.97. The molecule has 1 saturated heterocycles. The van der Waals surface area contributed by atoms with Crippen molar-refractivity contribution in [2.45, 2.75) is 24.9 Å². The van der Waals surface area contributed by atoms with Gasteiger partial charge < -0.3 is 19.9 Å². The van der Waals surface area contributed by atoms with Crippen molar-refractivity contribution in [2.24, 2.45) is 5.92 Å². The van der Waals surface area contributed by atoms with Crippen LogP contribution in [0.4, 0.5) is 23.2 Å². The van der Waals surface area contributed by atoms with E-state index in [9.17, 15) is 31.7 Å². The number of rotatable bonds is 7. The van der Waals surface area contributed by atoms with Crippen LogP contribution in [0, 0.1) is 25.7 Å². The summed E-state index contributed by atoms with van der Waals surface area (Å²) in [4.78, 5) is 33.3. The van der Waals surface area contributed by atoms with E-state index in [-0.39, 0.29) is 33.9 Å². The number of aromatic nitrogens is 2. The number of anilines is 1. The number of carbonyl (C=O) groups excluding carboxylic acids is 2. The summed E-state index contributed by atoms with van der Waals surface area (Å²) in [6.45, 7) is 3.49. The molecule has 14 heteroatoms. The van der Waals surface area contributed by atoms with Crippen molar-refractivity contribution >= 4 is 28.9 Å². The molecule has 4 rings (SSSR count). The Morgan fingerprint density at radius 2 is 1.92 bits per heavy atom. The van der Waals surface area contributed by atoms with E-state index in [0.29, 0.717) is 19.3 Å². The third-order valence-electron chi connectivity index (χ3n) is 6.03. The lowest BCUT2D eigenvalue weighted by Gasteiger charge is -2.30. The van der Waals surface area contributed by atoms with Crippen molar-refractivity contribution < 1.29 is 36.4 Å². The second-order valence-corrected chi connectivity index (χ2v) is 10.2. The molecule has 1 aromatic carbocycles. The van der Waals surface area contributed by atoms with Crippen LogP contribution in [0.5, 0.6) is 11.6 Å². The van der Waals surface area contributed by atoms with E-state index in [1.807, 2.05) is 0 Å². The predicted molar refractivity (Wildman–Crippen MR) is 133 cm³/mol. The number of amides is 2. The fourth-order valence-corrected chi connectivity index (χ4v) is 4.83. The Kier molecular flexibility index (Phi) is 8.09. The number of halogens is 4. The third-order valence-corrected chi connectivity index (χ3v) is 7.36. The van der Waals surface area contributed by atoms with Gasteiger partial charge in [0.2, 0.25) is 11.8 Å². The largest absolute Gasteiger partial charge is 0.588 e. The Morgan fingerprint density at radius 3 is 2.54 bits per heavy atom. The minimum Gasteiger partial charge on any atom is -0.588 e. The van der Waals surface area contributed by atoms with Crippen LogP contribution in [-0.4, -0.2) is 50.8 Å². The maximum absolute atomic E-state index is 13.6. The molecule has 2 aromatic heterocycles. The van der Waals surface area contributed by atoms with Crippen molar-refractivity contribution in [3.63, 3.8) is 0 Å². The lowest BCUT2D eigenvalue weighted by molar-refractivity contribution is -0.138. The zero-order valence-corrected chi connectivity index (χ0v) is 21.7. The van der Waals surface area contributed by atoms with E-state index in [1.54, 1.807) is 0 Å². The van der Waals surface area contributed by atoms with E-state index in [0.717, 1.165) is 17.3 Å². The minimum absolute atomic E-state index is 0.0103. The number of carbonyl (C=O) groups is 2. The SMILES string of the molecule is Cc1nc(F)ccc1Oc1ncc(C(F)(F)F)c(C)c1C(=O)Nc1cccc([S+]([O-])N(C)C(=O)C2CNC2)c1. The quantitative estimate of drug-likeness (QED) is 0.253. The highest BCUT2D eigenvalue weighted by atomic mass is 32.2. The molecule has 0 bridgehead atoms. The highest BCUT2D eigenvalue weighted by molar-refractivity contribution is 7.89. The fourth-order valence-electron chi connectivity index (χ4n) is 3.78. The lowest BCUT2D eigenvalue weighted by atomic mass is 10.0. The van der Waals surface area contributed by atoms with Crippen LogP contribution in [0.25, 0.3) is 0 Å². The Labute approximate surface area is 223 Å². The van der Waals surface area contributed by atoms with E-state index in [4.69, 9.17) is 4.74 Å². The number of aryl methyl sites for hydroxylation is 1. The Morgan fingerprint density at radius 1 is 1.21 bits per heavy atom. The number of nitrogens with zero attached hydrogens (tertiary/aromatic N) is 3. The molecular weight excluding hydrogens is 542 g/mol. The number of hydrogen-bond donors (Lipinski definition) is 2. The molecule has 2 N–H and O–H groups in total. The van der Waals surface area contributed by atoms with Crippen LogP contribution in [0.1, 0.15) is 27.2 Å². The summed E-state index contributed by atoms with van der Waals surface area (Å²) in [6.07, 6.45) is -4.26. The first-order valence-electron chi connectivity index (χ1n) is 11.6. The molecule has 3 aromatic rings. The monoisotopic (exact) mass is 565 g/mol. The Bertz CT molecular complexity index is 1420. The van der Waals surface area contributed by atoms with Gasteiger partial charge in [-0.15, -0.1) is 0 Å². The zero-order chi connectivity index (χ0) is 28.5. The molecule has 0 saturated carbocycles. The second kappa shape index (κ2) is 11.2. The van der Waals surface area contributed by atoms with Gasteiger partial charge in [0, 0.05) is 31.0 Å². The lowest BCUT2D eigenvalue weighted by Crippen LogP contribution is -2.52. The molecule has 1 aliphatic heterocycles. The van der Waals surface area contributed by atoms with Gasteiger partial charge in [-0.05, 0) is 43.7 Å². The number of nitrogens with one attached hydrogen (secondary N) is 2. The highest BCUT2D eigenvalue weighted by Crippen LogP contribution is 2.37. The first-order valence-corrected chi connectivity index (χ1v) is 12.7. The molecule has 9 nitrogen and oxygen atoms in total. The van der Waals surface area contributed by atoms with Gasteiger partial charge in [0.25, 0.3) is 11.8 Å². The van der Waals surface area contributed by atoms with Crippen molar-refractivity contribution in [3.05, 3.63) is 70.9 Å². The zero-order valence-electron chi connectivity index (χ0n) is 20.9. The van der Waals surface area contributed by atoms with E-state index in [2.05, 4.69) is 20.6 Å². The average molecular weight is 566 g/mol. The molecule has 2 amide bonds. The molecule has 0 aliphatic carbocycles. The van der Waals surface area contributed by atoms with Gasteiger partial charge in [-0.25, -0.2) is 9.97 Å². The van der Waals surface area contributed by atoms with Crippen LogP contribution in [-0.2, 0) is 22.3 Å². The van der Waals surface area contributed by atoms with Gasteiger partial charge in [0.1, 0.15) is 16.9 Å². The first kappa shape index (κ1) is 28.3. The molecule has 0 spiro atoms. The molecule has 206 valence electrons. The van der Waals surface area contributed by atoms with Crippen molar-refractivity contribution in [1.29, 1.82) is 0 Å². The van der Waals surface area contributed by atoms with Crippen LogP contribution in [0.15, 0.2) is 47.5 Å². The van der Waals surface area contributed by atoms with Gasteiger partial charge >= 0.3 is 6.18 Å². The molecule has 3 heterocycles. The Hall–Kier alpha value is -3.75. The van der Waals surface area contributed by atoms with Crippen molar-refractivity contribution in [3.8, 4) is 11.6 Å². The Balaban J connectivity index is 1.64. The summed E-state index contributed by atoms with van der Waals surface area (Å²) in [7, 11) is 1.40. The maximum atomic E-state index is 13.6. The summed E-state index contributed by atoms with van der Waals surface area (Å²) < 4.78 is 73.9. The third kappa shape index (κ3) is 6.13. The van der Waals surface area contributed by atoms with E-state index in [1.165, 1.54) is 44.3 Å². The van der Waals surface area contributed by atoms with Gasteiger partial charge in [-0.2, -0.15) is 21.9 Å². The van der Waals surface area contributed by atoms with Crippen LogP contribution in [0.2, 0.25) is 0 Å². The molecule has 0 radical (unpaired) electrons. The number of benzene rings is 1. The van der Waals surface area contributed by atoms with Crippen molar-refractivity contribution in [1.82, 2.24) is 19.6 Å². The number of hydrogen-bond acceptors (Lipinski definition) is 7. The maximum Gasteiger partial charge on any atom is 0.418 e. The summed E-state index contributed by atoms with van der Waals surface area (Å²) >= 11 is -1.89. The van der Waals surface area contributed by atoms with Gasteiger partial charge in [0.15, 0.2) is 10.6 Å². The summed E-state index contributed by atoms with van der Waals surface area (Å²) in [5.41, 5.74) is -1.90. The molecule has 1 atom stereocenters. The first-order chi connectivity index (χ1) is 18.4. The molecule has 1 aliphatic rings. The average Bonchev–Trinajstić information content (AvgIpc) is 2.83. The summed E-state index contributed by atoms with van der Waals surface area (Å²) in [5, 5.41) is 5.45. The highest BCUT2D eigenvalue weighted by Gasteiger charge is 2.37. The molecule has 1 fully saturated rings. The second-order valence-electron chi connectivity index (χ2n) is 8.72. The normalized spacial score (nSPS) is 14.4. The molecule has 39 heavy (non-hydrogen) atoms. The molecule has 1 unspecified atom stereocenters. The van der Waals surface area contributed by atoms with Crippen molar-refractivity contribution in [2.75, 3.05) is 25.5 Å². The number of alkyl halides is 3. The standard InChI is InChI=1S/C25H23F4N5O4S/c1-13-18(25(27,28)29)12-31-23(38-19-7-8-20(26)32-14(19)2)21(13)22(35)33-16-5-4-6-17(9-16)39(37)34(3)24(36)15-10-30-11-15/h4-9,12,15,30H,10-11H2,1-3H3,(H,33,35). The van der Waals surface area contributed by atoms with Crippen LogP contribution >= 0.6 is 0 Å². The van der Waals surface area contributed by atoms with E-state index < -0.39 is 52.0 Å². The topological polar surface area (TPSA) is 120 Å². The number of ether oxygens (including phenoxy) is 1. The van der Waals surface area contributed by atoms with Gasteiger partial charge in [-0.3, -0.25) is 9.59 Å². The fraction of sp³-hybridized carbons (Fsp3) is 0.280. The smallest absolute Gasteiger partial charge is 0.418 e. The molecular formula is C25H23F4N5O4S.